The molecule has 0 amide bonds. The molecule has 0 radical (unpaired) electrons. The molecule has 2 aromatic rings. The smallest absolute Gasteiger partial charge is 0.143 e. The van der Waals surface area contributed by atoms with Crippen LogP contribution in [0.5, 0.6) is 5.75 Å². The molecule has 3 rings (SSSR count). The number of nitrogens with one attached hydrogen (secondary N) is 1. The van der Waals surface area contributed by atoms with Gasteiger partial charge in [0.05, 0.1) is 10.7 Å². The van der Waals surface area contributed by atoms with Gasteiger partial charge in [-0.2, -0.15) is 0 Å². The van der Waals surface area contributed by atoms with Gasteiger partial charge in [-0.25, -0.2) is 4.39 Å². The third-order valence-electron chi connectivity index (χ3n) is 3.42. The molecule has 0 atom stereocenters. The minimum atomic E-state index is -0.416. The standard InChI is InChI=1S/C16H15ClFNO/c17-13-7-6-11(9-14(13)18)10-20-15-5-1-3-12-4-2-8-19-16(12)15/h1,3,5-7,9,19H,2,4,8,10H2. The average Bonchev–Trinajstić information content (AvgIpc) is 2.48. The van der Waals surface area contributed by atoms with Crippen molar-refractivity contribution in [2.24, 2.45) is 0 Å². The zero-order valence-corrected chi connectivity index (χ0v) is 11.7. The molecule has 1 aliphatic rings. The van der Waals surface area contributed by atoms with Crippen molar-refractivity contribution < 1.29 is 9.13 Å². The van der Waals surface area contributed by atoms with E-state index in [-0.39, 0.29) is 5.02 Å². The summed E-state index contributed by atoms with van der Waals surface area (Å²) in [5, 5.41) is 3.50. The summed E-state index contributed by atoms with van der Waals surface area (Å²) in [7, 11) is 0. The Morgan fingerprint density at radius 3 is 3.00 bits per heavy atom. The molecule has 0 fully saturated rings. The molecule has 2 nitrogen and oxygen atoms in total. The van der Waals surface area contributed by atoms with Crippen LogP contribution in [-0.4, -0.2) is 6.54 Å². The van der Waals surface area contributed by atoms with Crippen molar-refractivity contribution >= 4 is 17.3 Å². The van der Waals surface area contributed by atoms with Crippen molar-refractivity contribution in [1.82, 2.24) is 0 Å². The van der Waals surface area contributed by atoms with Gasteiger partial charge in [-0.3, -0.25) is 0 Å². The topological polar surface area (TPSA) is 21.3 Å². The molecular weight excluding hydrogens is 277 g/mol. The Hall–Kier alpha value is -1.74. The zero-order valence-electron chi connectivity index (χ0n) is 11.0. The first-order valence-corrected chi connectivity index (χ1v) is 7.04. The Morgan fingerprint density at radius 1 is 1.25 bits per heavy atom. The Balaban J connectivity index is 1.76. The first kappa shape index (κ1) is 13.3. The van der Waals surface area contributed by atoms with E-state index < -0.39 is 5.82 Å². The molecule has 4 heteroatoms. The number of halogens is 2. The number of benzene rings is 2. The highest BCUT2D eigenvalue weighted by Gasteiger charge is 2.13. The molecule has 1 aliphatic heterocycles. The predicted molar refractivity (Wildman–Crippen MR) is 79.0 cm³/mol. The predicted octanol–water partition coefficient (Wildman–Crippen LogP) is 4.42. The number of fused-ring (bicyclic) bond motifs is 1. The lowest BCUT2D eigenvalue weighted by Gasteiger charge is -2.21. The van der Waals surface area contributed by atoms with Crippen LogP contribution in [0, 0.1) is 5.82 Å². The van der Waals surface area contributed by atoms with E-state index in [9.17, 15) is 4.39 Å². The van der Waals surface area contributed by atoms with Gasteiger partial charge in [0.1, 0.15) is 18.2 Å². The van der Waals surface area contributed by atoms with Crippen LogP contribution in [0.25, 0.3) is 0 Å². The van der Waals surface area contributed by atoms with E-state index in [1.165, 1.54) is 11.6 Å². The Labute approximate surface area is 122 Å². The van der Waals surface area contributed by atoms with Crippen LogP contribution in [0.2, 0.25) is 5.02 Å². The molecule has 0 saturated heterocycles. The fraction of sp³-hybridized carbons (Fsp3) is 0.250. The van der Waals surface area contributed by atoms with Crippen LogP contribution in [0.4, 0.5) is 10.1 Å². The summed E-state index contributed by atoms with van der Waals surface area (Å²) in [5.74, 6) is 0.401. The molecule has 104 valence electrons. The number of ether oxygens (including phenoxy) is 1. The molecular formula is C16H15ClFNO. The molecule has 0 aromatic heterocycles. The van der Waals surface area contributed by atoms with Crippen LogP contribution in [0.3, 0.4) is 0 Å². The number of anilines is 1. The van der Waals surface area contributed by atoms with Gasteiger partial charge < -0.3 is 10.1 Å². The summed E-state index contributed by atoms with van der Waals surface area (Å²) < 4.78 is 19.2. The summed E-state index contributed by atoms with van der Waals surface area (Å²) in [6.07, 6.45) is 2.20. The van der Waals surface area contributed by atoms with Gasteiger partial charge in [-0.15, -0.1) is 0 Å². The zero-order chi connectivity index (χ0) is 13.9. The number of aryl methyl sites for hydroxylation is 1. The Morgan fingerprint density at radius 2 is 2.15 bits per heavy atom. The van der Waals surface area contributed by atoms with E-state index in [2.05, 4.69) is 11.4 Å². The summed E-state index contributed by atoms with van der Waals surface area (Å²) >= 11 is 5.67. The molecule has 2 aromatic carbocycles. The van der Waals surface area contributed by atoms with Crippen molar-refractivity contribution in [3.63, 3.8) is 0 Å². The third kappa shape index (κ3) is 2.73. The van der Waals surface area contributed by atoms with Crippen molar-refractivity contribution in [2.75, 3.05) is 11.9 Å². The lowest BCUT2D eigenvalue weighted by atomic mass is 10.0. The molecule has 20 heavy (non-hydrogen) atoms. The monoisotopic (exact) mass is 291 g/mol. The minimum absolute atomic E-state index is 0.132. The molecule has 0 bridgehead atoms. The number of rotatable bonds is 3. The number of hydrogen-bond acceptors (Lipinski definition) is 2. The van der Waals surface area contributed by atoms with E-state index in [0.717, 1.165) is 36.4 Å². The molecule has 0 spiro atoms. The lowest BCUT2D eigenvalue weighted by molar-refractivity contribution is 0.306. The second-order valence-electron chi connectivity index (χ2n) is 4.86. The second-order valence-corrected chi connectivity index (χ2v) is 5.26. The molecule has 0 aliphatic carbocycles. The maximum atomic E-state index is 13.4. The van der Waals surface area contributed by atoms with Crippen molar-refractivity contribution in [3.8, 4) is 5.75 Å². The quantitative estimate of drug-likeness (QED) is 0.904. The maximum absolute atomic E-state index is 13.4. The van der Waals surface area contributed by atoms with E-state index >= 15 is 0 Å². The van der Waals surface area contributed by atoms with Crippen molar-refractivity contribution in [1.29, 1.82) is 0 Å². The summed E-state index contributed by atoms with van der Waals surface area (Å²) in [6.45, 7) is 1.29. The number of hydrogen-bond donors (Lipinski definition) is 1. The summed E-state index contributed by atoms with van der Waals surface area (Å²) in [5.41, 5.74) is 3.10. The molecule has 1 heterocycles. The highest BCUT2D eigenvalue weighted by Crippen LogP contribution is 2.32. The van der Waals surface area contributed by atoms with Crippen LogP contribution < -0.4 is 10.1 Å². The second kappa shape index (κ2) is 5.71. The summed E-state index contributed by atoms with van der Waals surface area (Å²) in [6, 6.07) is 10.8. The van der Waals surface area contributed by atoms with Crippen LogP contribution in [-0.2, 0) is 13.0 Å². The van der Waals surface area contributed by atoms with Gasteiger partial charge in [0.15, 0.2) is 0 Å². The van der Waals surface area contributed by atoms with Gasteiger partial charge in [-0.05, 0) is 42.2 Å². The third-order valence-corrected chi connectivity index (χ3v) is 3.72. The fourth-order valence-electron chi connectivity index (χ4n) is 2.39. The van der Waals surface area contributed by atoms with Crippen LogP contribution in [0.15, 0.2) is 36.4 Å². The van der Waals surface area contributed by atoms with E-state index in [4.69, 9.17) is 16.3 Å². The van der Waals surface area contributed by atoms with Gasteiger partial charge in [-0.1, -0.05) is 29.8 Å². The number of para-hydroxylation sites is 1. The van der Waals surface area contributed by atoms with Crippen molar-refractivity contribution in [2.45, 2.75) is 19.4 Å². The average molecular weight is 292 g/mol. The molecule has 0 unspecified atom stereocenters. The van der Waals surface area contributed by atoms with Gasteiger partial charge in [0, 0.05) is 6.54 Å². The summed E-state index contributed by atoms with van der Waals surface area (Å²) in [4.78, 5) is 0. The van der Waals surface area contributed by atoms with Crippen LogP contribution in [0.1, 0.15) is 17.5 Å². The van der Waals surface area contributed by atoms with Crippen LogP contribution >= 0.6 is 11.6 Å². The highest BCUT2D eigenvalue weighted by molar-refractivity contribution is 6.30. The largest absolute Gasteiger partial charge is 0.487 e. The van der Waals surface area contributed by atoms with Gasteiger partial charge >= 0.3 is 0 Å². The first-order chi connectivity index (χ1) is 9.74. The molecule has 0 saturated carbocycles. The van der Waals surface area contributed by atoms with Gasteiger partial charge in [0.25, 0.3) is 0 Å². The first-order valence-electron chi connectivity index (χ1n) is 6.66. The minimum Gasteiger partial charge on any atom is -0.487 e. The van der Waals surface area contributed by atoms with E-state index in [1.54, 1.807) is 12.1 Å². The van der Waals surface area contributed by atoms with E-state index in [0.29, 0.717) is 6.61 Å². The van der Waals surface area contributed by atoms with Crippen molar-refractivity contribution in [3.05, 3.63) is 58.4 Å². The SMILES string of the molecule is Fc1cc(COc2cccc3c2NCCC3)ccc1Cl. The Bertz CT molecular complexity index is 630. The lowest BCUT2D eigenvalue weighted by Crippen LogP contribution is -2.13. The highest BCUT2D eigenvalue weighted by atomic mass is 35.5. The van der Waals surface area contributed by atoms with E-state index in [1.807, 2.05) is 12.1 Å². The Kier molecular flexibility index (Phi) is 3.79. The fourth-order valence-corrected chi connectivity index (χ4v) is 2.51. The molecule has 1 N–H and O–H groups in total. The normalized spacial score (nSPS) is 13.5. The maximum Gasteiger partial charge on any atom is 0.143 e. The van der Waals surface area contributed by atoms with Gasteiger partial charge in [0.2, 0.25) is 0 Å².